The van der Waals surface area contributed by atoms with Crippen LogP contribution in [0, 0.1) is 18.3 Å². The number of rotatable bonds is 5. The number of carbonyl (C=O) groups excluding carboxylic acids is 1. The second-order valence-electron chi connectivity index (χ2n) is 5.45. The molecule has 0 spiro atoms. The quantitative estimate of drug-likeness (QED) is 0.472. The number of hydrogen-bond acceptors (Lipinski definition) is 5. The number of hydrogen-bond donors (Lipinski definition) is 0. The van der Waals surface area contributed by atoms with Crippen molar-refractivity contribution in [2.24, 2.45) is 0 Å². The van der Waals surface area contributed by atoms with Gasteiger partial charge in [-0.05, 0) is 31.2 Å². The molecule has 24 heavy (non-hydrogen) atoms. The van der Waals surface area contributed by atoms with Crippen LogP contribution in [-0.4, -0.2) is 37.2 Å². The van der Waals surface area contributed by atoms with Crippen molar-refractivity contribution < 1.29 is 13.2 Å². The van der Waals surface area contributed by atoms with Crippen LogP contribution < -0.4 is 0 Å². The first-order chi connectivity index (χ1) is 11.3. The summed E-state index contributed by atoms with van der Waals surface area (Å²) in [5.74, 6) is -0.646. The van der Waals surface area contributed by atoms with Gasteiger partial charge >= 0.3 is 0 Å². The van der Waals surface area contributed by atoms with Crippen LogP contribution in [-0.2, 0) is 10.0 Å². The van der Waals surface area contributed by atoms with E-state index in [2.05, 4.69) is 0 Å². The topological polar surface area (TPSA) is 83.2 Å². The van der Waals surface area contributed by atoms with E-state index in [1.165, 1.54) is 36.7 Å². The molecule has 0 radical (unpaired) electrons. The predicted octanol–water partition coefficient (Wildman–Crippen LogP) is 2.19. The summed E-state index contributed by atoms with van der Waals surface area (Å²) in [6, 6.07) is 11.0. The molecule has 0 unspecified atom stereocenters. The summed E-state index contributed by atoms with van der Waals surface area (Å²) in [4.78, 5) is 14.2. The summed E-state index contributed by atoms with van der Waals surface area (Å²) >= 11 is 0. The maximum Gasteiger partial charge on any atom is 0.268 e. The van der Waals surface area contributed by atoms with E-state index >= 15 is 0 Å². The van der Waals surface area contributed by atoms with Gasteiger partial charge in [0.1, 0.15) is 17.3 Å². The van der Waals surface area contributed by atoms with Crippen molar-refractivity contribution in [3.8, 4) is 6.07 Å². The van der Waals surface area contributed by atoms with Crippen LogP contribution in [0.25, 0.3) is 0 Å². The summed E-state index contributed by atoms with van der Waals surface area (Å²) < 4.78 is 26.4. The zero-order chi connectivity index (χ0) is 17.9. The third kappa shape index (κ3) is 3.39. The van der Waals surface area contributed by atoms with Gasteiger partial charge in [-0.2, -0.15) is 5.26 Å². The lowest BCUT2D eigenvalue weighted by Gasteiger charge is -2.11. The third-order valence-electron chi connectivity index (χ3n) is 3.28. The fourth-order valence-corrected chi connectivity index (χ4v) is 3.45. The molecule has 0 aliphatic heterocycles. The lowest BCUT2D eigenvalue weighted by atomic mass is 10.1. The Bertz CT molecular complexity index is 930. The number of nitriles is 1. The fraction of sp³-hybridized carbons (Fsp3) is 0.176. The van der Waals surface area contributed by atoms with Crippen molar-refractivity contribution in [2.45, 2.75) is 11.8 Å². The first kappa shape index (κ1) is 17.5. The third-order valence-corrected chi connectivity index (χ3v) is 4.98. The number of aromatic nitrogens is 1. The van der Waals surface area contributed by atoms with Crippen LogP contribution in [0.1, 0.15) is 16.1 Å². The molecule has 124 valence electrons. The molecule has 0 aliphatic rings. The molecule has 1 aromatic carbocycles. The van der Waals surface area contributed by atoms with Crippen LogP contribution in [0.3, 0.4) is 0 Å². The number of allylic oxidation sites excluding steroid dienone is 1. The second-order valence-corrected chi connectivity index (χ2v) is 7.27. The average Bonchev–Trinajstić information content (AvgIpc) is 3.02. The summed E-state index contributed by atoms with van der Waals surface area (Å²) in [6.45, 7) is 1.85. The zero-order valence-electron chi connectivity index (χ0n) is 13.6. The van der Waals surface area contributed by atoms with Gasteiger partial charge in [-0.25, -0.2) is 12.4 Å². The Hall–Kier alpha value is -2.85. The summed E-state index contributed by atoms with van der Waals surface area (Å²) in [5.41, 5.74) is 0.711. The van der Waals surface area contributed by atoms with Crippen LogP contribution in [0.15, 0.2) is 59.3 Å². The highest BCUT2D eigenvalue weighted by molar-refractivity contribution is 7.90. The Labute approximate surface area is 141 Å². The lowest BCUT2D eigenvalue weighted by molar-refractivity contribution is 0.103. The van der Waals surface area contributed by atoms with Crippen LogP contribution >= 0.6 is 0 Å². The lowest BCUT2D eigenvalue weighted by Crippen LogP contribution is -2.19. The molecular formula is C17H17N3O3S. The van der Waals surface area contributed by atoms with E-state index in [0.29, 0.717) is 0 Å². The molecule has 2 rings (SSSR count). The van der Waals surface area contributed by atoms with E-state index in [0.717, 1.165) is 9.54 Å². The van der Waals surface area contributed by atoms with Gasteiger partial charge in [-0.1, -0.05) is 17.7 Å². The number of ketones is 1. The highest BCUT2D eigenvalue weighted by atomic mass is 32.2. The minimum atomic E-state index is -3.91. The summed E-state index contributed by atoms with van der Waals surface area (Å²) in [5, 5.41) is 9.16. The molecule has 0 aliphatic carbocycles. The van der Waals surface area contributed by atoms with Crippen molar-refractivity contribution >= 4 is 15.8 Å². The van der Waals surface area contributed by atoms with Gasteiger partial charge in [0.05, 0.1) is 4.90 Å². The molecule has 2 aromatic rings. The SMILES string of the molecule is Cc1ccc(S(=O)(=O)n2cccc2C(=O)C(C#N)=CN(C)C)cc1. The Balaban J connectivity index is 2.53. The van der Waals surface area contributed by atoms with E-state index < -0.39 is 15.8 Å². The van der Waals surface area contributed by atoms with Gasteiger partial charge in [-0.15, -0.1) is 0 Å². The van der Waals surface area contributed by atoms with Gasteiger partial charge in [0.25, 0.3) is 10.0 Å². The first-order valence-electron chi connectivity index (χ1n) is 7.10. The molecule has 0 N–H and O–H groups in total. The second kappa shape index (κ2) is 6.72. The van der Waals surface area contributed by atoms with Gasteiger partial charge in [0.2, 0.25) is 5.78 Å². The Kier molecular flexibility index (Phi) is 4.90. The van der Waals surface area contributed by atoms with Gasteiger partial charge in [-0.3, -0.25) is 4.79 Å². The van der Waals surface area contributed by atoms with Crippen molar-refractivity contribution in [1.29, 1.82) is 5.26 Å². The Morgan fingerprint density at radius 1 is 1.21 bits per heavy atom. The molecule has 0 bridgehead atoms. The van der Waals surface area contributed by atoms with Crippen molar-refractivity contribution in [2.75, 3.05) is 14.1 Å². The number of nitrogens with zero attached hydrogens (tertiary/aromatic N) is 3. The zero-order valence-corrected chi connectivity index (χ0v) is 14.4. The van der Waals surface area contributed by atoms with Crippen molar-refractivity contribution in [3.63, 3.8) is 0 Å². The monoisotopic (exact) mass is 343 g/mol. The van der Waals surface area contributed by atoms with Crippen molar-refractivity contribution in [1.82, 2.24) is 8.87 Å². The maximum absolute atomic E-state index is 12.8. The largest absolute Gasteiger partial charge is 0.382 e. The van der Waals surface area contributed by atoms with Gasteiger partial charge in [0, 0.05) is 26.5 Å². The molecule has 7 heteroatoms. The number of aryl methyl sites for hydroxylation is 1. The molecular weight excluding hydrogens is 326 g/mol. The molecule has 0 saturated heterocycles. The number of benzene rings is 1. The van der Waals surface area contributed by atoms with Crippen molar-refractivity contribution in [3.05, 3.63) is 65.6 Å². The number of Topliss-reactive ketones (excluding diaryl/α,β-unsaturated/α-hetero) is 1. The normalized spacial score (nSPS) is 11.8. The first-order valence-corrected chi connectivity index (χ1v) is 8.54. The minimum Gasteiger partial charge on any atom is -0.382 e. The highest BCUT2D eigenvalue weighted by Crippen LogP contribution is 2.19. The highest BCUT2D eigenvalue weighted by Gasteiger charge is 2.24. The molecule has 0 atom stereocenters. The van der Waals surface area contributed by atoms with E-state index in [9.17, 15) is 13.2 Å². The standard InChI is InChI=1S/C17H17N3O3S/c1-13-6-8-15(9-7-13)24(22,23)20-10-4-5-16(20)17(21)14(11-18)12-19(2)3/h4-10,12H,1-3H3. The van der Waals surface area contributed by atoms with Crippen LogP contribution in [0.5, 0.6) is 0 Å². The Morgan fingerprint density at radius 2 is 1.83 bits per heavy atom. The Morgan fingerprint density at radius 3 is 2.38 bits per heavy atom. The molecule has 6 nitrogen and oxygen atoms in total. The van der Waals surface area contributed by atoms with Crippen LogP contribution in [0.4, 0.5) is 0 Å². The summed E-state index contributed by atoms with van der Waals surface area (Å²) in [6.07, 6.45) is 2.66. The smallest absolute Gasteiger partial charge is 0.268 e. The molecule has 0 saturated carbocycles. The molecule has 1 aromatic heterocycles. The predicted molar refractivity (Wildman–Crippen MR) is 89.9 cm³/mol. The van der Waals surface area contributed by atoms with E-state index in [1.807, 2.05) is 13.0 Å². The van der Waals surface area contributed by atoms with Crippen LogP contribution in [0.2, 0.25) is 0 Å². The maximum atomic E-state index is 12.8. The van der Waals surface area contributed by atoms with Gasteiger partial charge in [0.15, 0.2) is 0 Å². The van der Waals surface area contributed by atoms with E-state index in [-0.39, 0.29) is 16.2 Å². The van der Waals surface area contributed by atoms with Gasteiger partial charge < -0.3 is 4.90 Å². The average molecular weight is 343 g/mol. The molecule has 1 heterocycles. The summed E-state index contributed by atoms with van der Waals surface area (Å²) in [7, 11) is -0.566. The molecule has 0 amide bonds. The van der Waals surface area contributed by atoms with E-state index in [4.69, 9.17) is 5.26 Å². The number of carbonyl (C=O) groups is 1. The minimum absolute atomic E-state index is 0.0773. The molecule has 0 fully saturated rings. The fourth-order valence-electron chi connectivity index (χ4n) is 2.11. The van der Waals surface area contributed by atoms with E-state index in [1.54, 1.807) is 31.1 Å².